The summed E-state index contributed by atoms with van der Waals surface area (Å²) in [5, 5.41) is 8.04. The summed E-state index contributed by atoms with van der Waals surface area (Å²) >= 11 is 3.35. The van der Waals surface area contributed by atoms with Crippen molar-refractivity contribution in [3.8, 4) is 11.3 Å². The number of likely N-dealkylation sites (tertiary alicyclic amines) is 1. The van der Waals surface area contributed by atoms with Gasteiger partial charge in [-0.15, -0.1) is 0 Å². The highest BCUT2D eigenvalue weighted by molar-refractivity contribution is 9.10. The van der Waals surface area contributed by atoms with Crippen LogP contribution < -0.4 is 5.32 Å². The van der Waals surface area contributed by atoms with Gasteiger partial charge in [-0.2, -0.15) is 5.10 Å². The fourth-order valence-electron chi connectivity index (χ4n) is 5.86. The molecule has 0 radical (unpaired) electrons. The summed E-state index contributed by atoms with van der Waals surface area (Å²) in [6.07, 6.45) is 6.48. The van der Waals surface area contributed by atoms with Crippen molar-refractivity contribution >= 4 is 50.2 Å². The van der Waals surface area contributed by atoms with Crippen molar-refractivity contribution in [1.29, 1.82) is 0 Å². The van der Waals surface area contributed by atoms with Gasteiger partial charge in [0, 0.05) is 41.7 Å². The van der Waals surface area contributed by atoms with Crippen LogP contribution in [0.4, 0.5) is 5.82 Å². The number of fused-ring (bicyclic) bond motifs is 2. The average Bonchev–Trinajstić information content (AvgIpc) is 3.31. The molecule has 0 bridgehead atoms. The van der Waals surface area contributed by atoms with Crippen LogP contribution in [0.15, 0.2) is 41.4 Å². The lowest BCUT2D eigenvalue weighted by atomic mass is 9.95. The van der Waals surface area contributed by atoms with Crippen LogP contribution >= 0.6 is 15.9 Å². The minimum Gasteiger partial charge on any atom is -0.325 e. The van der Waals surface area contributed by atoms with Crippen molar-refractivity contribution in [3.63, 3.8) is 0 Å². The molecule has 6 rings (SSSR count). The number of carbonyl (C=O) groups excluding carboxylic acids is 3. The Bertz CT molecular complexity index is 1800. The highest BCUT2D eigenvalue weighted by Gasteiger charge is 2.64. The van der Waals surface area contributed by atoms with E-state index in [1.807, 2.05) is 39.8 Å². The summed E-state index contributed by atoms with van der Waals surface area (Å²) in [7, 11) is 0. The molecule has 0 spiro atoms. The summed E-state index contributed by atoms with van der Waals surface area (Å²) in [5.74, 6) is 0.452. The quantitative estimate of drug-likeness (QED) is 0.232. The Morgan fingerprint density at radius 2 is 1.81 bits per heavy atom. The van der Waals surface area contributed by atoms with Gasteiger partial charge in [-0.1, -0.05) is 33.8 Å². The van der Waals surface area contributed by atoms with Gasteiger partial charge in [-0.05, 0) is 58.8 Å². The normalized spacial score (nSPS) is 21.1. The first kappa shape index (κ1) is 29.0. The first-order chi connectivity index (χ1) is 20.2. The molecular formula is C31H33BrN8O3. The number of nitrogens with zero attached hydrogens (tertiary/aromatic N) is 7. The van der Waals surface area contributed by atoms with E-state index in [9.17, 15) is 14.4 Å². The van der Waals surface area contributed by atoms with Crippen LogP contribution in [-0.2, 0) is 21.5 Å². The second-order valence-corrected chi connectivity index (χ2v) is 13.7. The molecule has 2 aliphatic rings. The molecule has 222 valence electrons. The second-order valence-electron chi connectivity index (χ2n) is 12.9. The number of anilines is 1. The number of ketones is 1. The zero-order valence-electron chi connectivity index (χ0n) is 25.0. The minimum atomic E-state index is -0.633. The van der Waals surface area contributed by atoms with E-state index >= 15 is 0 Å². The molecule has 12 heteroatoms. The van der Waals surface area contributed by atoms with E-state index in [0.717, 1.165) is 17.8 Å². The van der Waals surface area contributed by atoms with E-state index in [1.165, 1.54) is 11.6 Å². The van der Waals surface area contributed by atoms with E-state index < -0.39 is 6.04 Å². The number of aryl methyl sites for hydroxylation is 1. The zero-order chi connectivity index (χ0) is 30.8. The number of halogens is 1. The SMILES string of the molecule is CC(=O)c1nn(CC(=O)N2[C@H](C(=O)Nc3nc(Br)ccc3C)C[C@@]3(C)C[C@@H]23)c2cnc(-c3cnc(C(C)(C)C)nc3)cc12. The number of aromatic nitrogens is 6. The third-order valence-electron chi connectivity index (χ3n) is 8.40. The molecule has 1 N–H and O–H groups in total. The maximum Gasteiger partial charge on any atom is 0.248 e. The molecule has 2 amide bonds. The molecule has 4 aromatic heterocycles. The summed E-state index contributed by atoms with van der Waals surface area (Å²) in [5.41, 5.74) is 2.66. The van der Waals surface area contributed by atoms with Gasteiger partial charge in [-0.3, -0.25) is 24.0 Å². The fourth-order valence-corrected chi connectivity index (χ4v) is 6.17. The number of hydrogen-bond acceptors (Lipinski definition) is 8. The van der Waals surface area contributed by atoms with Crippen LogP contribution in [0.3, 0.4) is 0 Å². The maximum absolute atomic E-state index is 13.8. The van der Waals surface area contributed by atoms with Crippen LogP contribution in [-0.4, -0.2) is 64.3 Å². The first-order valence-corrected chi connectivity index (χ1v) is 15.0. The van der Waals surface area contributed by atoms with Crippen LogP contribution in [0, 0.1) is 12.3 Å². The number of hydrogen-bond donors (Lipinski definition) is 1. The number of piperidine rings is 1. The first-order valence-electron chi connectivity index (χ1n) is 14.2. The Morgan fingerprint density at radius 1 is 1.09 bits per heavy atom. The van der Waals surface area contributed by atoms with Crippen molar-refractivity contribution in [3.05, 3.63) is 58.5 Å². The van der Waals surface area contributed by atoms with Crippen LogP contribution in [0.25, 0.3) is 22.2 Å². The Balaban J connectivity index is 1.28. The van der Waals surface area contributed by atoms with Gasteiger partial charge in [-0.25, -0.2) is 15.0 Å². The molecule has 5 heterocycles. The molecule has 1 saturated carbocycles. The Morgan fingerprint density at radius 3 is 2.49 bits per heavy atom. The molecule has 1 aliphatic carbocycles. The highest BCUT2D eigenvalue weighted by atomic mass is 79.9. The molecule has 2 fully saturated rings. The molecule has 11 nitrogen and oxygen atoms in total. The smallest absolute Gasteiger partial charge is 0.248 e. The van der Waals surface area contributed by atoms with Gasteiger partial charge in [0.2, 0.25) is 11.8 Å². The number of amides is 2. The lowest BCUT2D eigenvalue weighted by Gasteiger charge is -2.27. The molecule has 4 aromatic rings. The lowest BCUT2D eigenvalue weighted by Crippen LogP contribution is -2.47. The number of Topliss-reactive ketones (excluding diaryl/α,β-unsaturated/α-hetero) is 1. The Hall–Kier alpha value is -4.06. The Labute approximate surface area is 257 Å². The molecular weight excluding hydrogens is 612 g/mol. The molecule has 0 unspecified atom stereocenters. The molecule has 1 aliphatic heterocycles. The average molecular weight is 646 g/mol. The number of carbonyl (C=O) groups is 3. The summed E-state index contributed by atoms with van der Waals surface area (Å²) in [4.78, 5) is 59.6. The van der Waals surface area contributed by atoms with Crippen molar-refractivity contribution < 1.29 is 14.4 Å². The van der Waals surface area contributed by atoms with Gasteiger partial charge >= 0.3 is 0 Å². The van der Waals surface area contributed by atoms with Crippen molar-refractivity contribution in [1.82, 2.24) is 34.6 Å². The van der Waals surface area contributed by atoms with Gasteiger partial charge in [0.15, 0.2) is 5.78 Å². The van der Waals surface area contributed by atoms with Gasteiger partial charge in [0.1, 0.15) is 34.5 Å². The third-order valence-corrected chi connectivity index (χ3v) is 8.85. The van der Waals surface area contributed by atoms with Crippen molar-refractivity contribution in [2.45, 2.75) is 78.4 Å². The third kappa shape index (κ3) is 5.32. The second kappa shape index (κ2) is 10.3. The standard InChI is InChI=1S/C31H33BrN8O3/c1-16-7-8-24(32)36-27(16)37-28(43)21-10-31(6)11-23(31)40(21)25(42)15-39-22-14-33-20(9-19(22)26(38-39)17(2)41)18-12-34-29(35-13-18)30(3,4)5/h7-9,12-14,21,23H,10-11,15H2,1-6H3,(H,36,37,43)/t21-,23+,31-/m0/s1. The number of nitrogens with one attached hydrogen (secondary N) is 1. The van der Waals surface area contributed by atoms with Crippen molar-refractivity contribution in [2.75, 3.05) is 5.32 Å². The summed E-state index contributed by atoms with van der Waals surface area (Å²) < 4.78 is 2.12. The fraction of sp³-hybridized carbons (Fsp3) is 0.419. The summed E-state index contributed by atoms with van der Waals surface area (Å²) in [6.45, 7) is 11.4. The topological polar surface area (TPSA) is 136 Å². The molecule has 1 saturated heterocycles. The van der Waals surface area contributed by atoms with E-state index in [1.54, 1.807) is 29.6 Å². The molecule has 3 atom stereocenters. The number of rotatable bonds is 6. The van der Waals surface area contributed by atoms with Gasteiger partial charge in [0.05, 0.1) is 17.4 Å². The van der Waals surface area contributed by atoms with Gasteiger partial charge in [0.25, 0.3) is 0 Å². The summed E-state index contributed by atoms with van der Waals surface area (Å²) in [6, 6.07) is 4.80. The predicted octanol–water partition coefficient (Wildman–Crippen LogP) is 4.87. The van der Waals surface area contributed by atoms with Crippen molar-refractivity contribution in [2.24, 2.45) is 5.41 Å². The maximum atomic E-state index is 13.8. The molecule has 43 heavy (non-hydrogen) atoms. The van der Waals surface area contributed by atoms with Crippen LogP contribution in [0.2, 0.25) is 0 Å². The van der Waals surface area contributed by atoms with Gasteiger partial charge < -0.3 is 10.2 Å². The number of pyridine rings is 2. The van der Waals surface area contributed by atoms with Crippen LogP contribution in [0.1, 0.15) is 69.3 Å². The van der Waals surface area contributed by atoms with E-state index in [-0.39, 0.29) is 46.7 Å². The van der Waals surface area contributed by atoms with E-state index in [0.29, 0.717) is 39.0 Å². The Kier molecular flexibility index (Phi) is 6.95. The zero-order valence-corrected chi connectivity index (χ0v) is 26.6. The predicted molar refractivity (Wildman–Crippen MR) is 164 cm³/mol. The monoisotopic (exact) mass is 644 g/mol. The largest absolute Gasteiger partial charge is 0.325 e. The van der Waals surface area contributed by atoms with Crippen LogP contribution in [0.5, 0.6) is 0 Å². The molecule has 0 aromatic carbocycles. The minimum absolute atomic E-state index is 0.0257. The van der Waals surface area contributed by atoms with E-state index in [4.69, 9.17) is 0 Å². The van der Waals surface area contributed by atoms with E-state index in [2.05, 4.69) is 53.2 Å². The highest BCUT2D eigenvalue weighted by Crippen LogP contribution is 2.59. The lowest BCUT2D eigenvalue weighted by molar-refractivity contribution is -0.138.